The summed E-state index contributed by atoms with van der Waals surface area (Å²) >= 11 is 0. The summed E-state index contributed by atoms with van der Waals surface area (Å²) in [7, 11) is -3.83. The van der Waals surface area contributed by atoms with Gasteiger partial charge in [0.2, 0.25) is 5.91 Å². The fraction of sp³-hybridized carbons (Fsp3) is 0.185. The Labute approximate surface area is 210 Å². The SMILES string of the molecule is C=CC(=O)NC1CCN(S(=O)(=O)c2ccc(CNC(=O)OCc3ccccc3)cc2)c2ccccc21. The first-order chi connectivity index (χ1) is 17.4. The number of nitrogens with zero attached hydrogens (tertiary/aromatic N) is 1. The molecule has 8 nitrogen and oxygen atoms in total. The first kappa shape index (κ1) is 25.0. The number of rotatable bonds is 8. The molecule has 0 bridgehead atoms. The largest absolute Gasteiger partial charge is 0.445 e. The van der Waals surface area contributed by atoms with Crippen LogP contribution >= 0.6 is 0 Å². The van der Waals surface area contributed by atoms with Crippen LogP contribution in [0.5, 0.6) is 0 Å². The number of fused-ring (bicyclic) bond motifs is 1. The van der Waals surface area contributed by atoms with Crippen molar-refractivity contribution in [1.29, 1.82) is 0 Å². The Bertz CT molecular complexity index is 1340. The molecule has 0 saturated carbocycles. The van der Waals surface area contributed by atoms with Gasteiger partial charge in [-0.25, -0.2) is 13.2 Å². The molecule has 9 heteroatoms. The van der Waals surface area contributed by atoms with Gasteiger partial charge in [0.25, 0.3) is 10.0 Å². The average Bonchev–Trinajstić information content (AvgIpc) is 2.91. The Hall–Kier alpha value is -4.11. The number of hydrogen-bond acceptors (Lipinski definition) is 5. The molecule has 0 spiro atoms. The van der Waals surface area contributed by atoms with E-state index < -0.39 is 16.1 Å². The molecule has 36 heavy (non-hydrogen) atoms. The van der Waals surface area contributed by atoms with E-state index in [0.29, 0.717) is 12.1 Å². The van der Waals surface area contributed by atoms with E-state index in [4.69, 9.17) is 4.74 Å². The molecule has 3 aromatic rings. The van der Waals surface area contributed by atoms with Gasteiger partial charge in [-0.15, -0.1) is 0 Å². The van der Waals surface area contributed by atoms with Crippen LogP contribution in [0, 0.1) is 0 Å². The zero-order valence-corrected chi connectivity index (χ0v) is 20.4. The second kappa shape index (κ2) is 11.1. The van der Waals surface area contributed by atoms with Gasteiger partial charge in [0.15, 0.2) is 0 Å². The van der Waals surface area contributed by atoms with Crippen LogP contribution < -0.4 is 14.9 Å². The van der Waals surface area contributed by atoms with Crippen molar-refractivity contribution in [2.45, 2.75) is 30.5 Å². The van der Waals surface area contributed by atoms with Crippen LogP contribution in [0.1, 0.15) is 29.2 Å². The number of alkyl carbamates (subject to hydrolysis) is 1. The van der Waals surface area contributed by atoms with E-state index in [-0.39, 0.29) is 36.5 Å². The summed E-state index contributed by atoms with van der Waals surface area (Å²) in [4.78, 5) is 23.9. The molecule has 1 aliphatic rings. The van der Waals surface area contributed by atoms with Gasteiger partial charge in [-0.05, 0) is 47.4 Å². The first-order valence-corrected chi connectivity index (χ1v) is 12.9. The molecular weight excluding hydrogens is 478 g/mol. The first-order valence-electron chi connectivity index (χ1n) is 11.5. The Morgan fingerprint density at radius 2 is 1.67 bits per heavy atom. The van der Waals surface area contributed by atoms with Crippen molar-refractivity contribution in [2.75, 3.05) is 10.8 Å². The van der Waals surface area contributed by atoms with Crippen molar-refractivity contribution < 1.29 is 22.7 Å². The lowest BCUT2D eigenvalue weighted by atomic mass is 9.98. The molecule has 1 unspecified atom stereocenters. The molecule has 0 fully saturated rings. The van der Waals surface area contributed by atoms with Crippen LogP contribution in [0.25, 0.3) is 0 Å². The minimum absolute atomic E-state index is 0.140. The van der Waals surface area contributed by atoms with Gasteiger partial charge in [0.1, 0.15) is 6.61 Å². The highest BCUT2D eigenvalue weighted by Crippen LogP contribution is 2.37. The van der Waals surface area contributed by atoms with Crippen molar-refractivity contribution in [3.05, 3.63) is 108 Å². The maximum atomic E-state index is 13.5. The van der Waals surface area contributed by atoms with E-state index in [2.05, 4.69) is 17.2 Å². The molecule has 2 N–H and O–H groups in total. The third-order valence-corrected chi connectivity index (χ3v) is 7.69. The summed E-state index contributed by atoms with van der Waals surface area (Å²) in [6.07, 6.45) is 1.08. The highest BCUT2D eigenvalue weighted by atomic mass is 32.2. The predicted molar refractivity (Wildman–Crippen MR) is 137 cm³/mol. The molecule has 3 aromatic carbocycles. The molecule has 0 saturated heterocycles. The Morgan fingerprint density at radius 1 is 0.972 bits per heavy atom. The highest BCUT2D eigenvalue weighted by molar-refractivity contribution is 7.92. The Kier molecular flexibility index (Phi) is 7.70. The second-order valence-corrected chi connectivity index (χ2v) is 10.1. The normalized spacial score (nSPS) is 14.9. The van der Waals surface area contributed by atoms with Crippen LogP contribution in [0.2, 0.25) is 0 Å². The monoisotopic (exact) mass is 505 g/mol. The number of nitrogens with one attached hydrogen (secondary N) is 2. The van der Waals surface area contributed by atoms with Crippen LogP contribution in [-0.2, 0) is 32.7 Å². The van der Waals surface area contributed by atoms with Crippen molar-refractivity contribution in [2.24, 2.45) is 0 Å². The summed E-state index contributed by atoms with van der Waals surface area (Å²) in [6, 6.07) is 22.6. The summed E-state index contributed by atoms with van der Waals surface area (Å²) in [5.74, 6) is -0.306. The zero-order valence-electron chi connectivity index (χ0n) is 19.6. The van der Waals surface area contributed by atoms with Gasteiger partial charge >= 0.3 is 6.09 Å². The lowest BCUT2D eigenvalue weighted by Crippen LogP contribution is -2.40. The lowest BCUT2D eigenvalue weighted by molar-refractivity contribution is -0.117. The maximum Gasteiger partial charge on any atom is 0.407 e. The topological polar surface area (TPSA) is 105 Å². The van der Waals surface area contributed by atoms with Crippen LogP contribution in [0.4, 0.5) is 10.5 Å². The van der Waals surface area contributed by atoms with Crippen molar-refractivity contribution >= 4 is 27.7 Å². The molecule has 0 aromatic heterocycles. The number of para-hydroxylation sites is 1. The molecule has 0 aliphatic carbocycles. The van der Waals surface area contributed by atoms with E-state index in [1.165, 1.54) is 22.5 Å². The predicted octanol–water partition coefficient (Wildman–Crippen LogP) is 4.06. The molecule has 1 atom stereocenters. The third kappa shape index (κ3) is 5.75. The van der Waals surface area contributed by atoms with Crippen molar-refractivity contribution in [3.8, 4) is 0 Å². The van der Waals surface area contributed by atoms with Gasteiger partial charge in [-0.3, -0.25) is 9.10 Å². The summed E-state index contributed by atoms with van der Waals surface area (Å²) < 4.78 is 33.5. The van der Waals surface area contributed by atoms with Crippen LogP contribution in [0.15, 0.2) is 96.4 Å². The minimum atomic E-state index is -3.83. The molecule has 186 valence electrons. The van der Waals surface area contributed by atoms with E-state index in [0.717, 1.165) is 16.7 Å². The fourth-order valence-corrected chi connectivity index (χ4v) is 5.52. The number of carbonyl (C=O) groups excluding carboxylic acids is 2. The van der Waals surface area contributed by atoms with Gasteiger partial charge in [-0.2, -0.15) is 0 Å². The number of ether oxygens (including phenoxy) is 1. The number of carbonyl (C=O) groups is 2. The number of benzene rings is 3. The van der Waals surface area contributed by atoms with E-state index in [1.807, 2.05) is 42.5 Å². The third-order valence-electron chi connectivity index (χ3n) is 5.86. The summed E-state index contributed by atoms with van der Waals surface area (Å²) in [5.41, 5.74) is 2.88. The number of anilines is 1. The van der Waals surface area contributed by atoms with Gasteiger partial charge in [0.05, 0.1) is 16.6 Å². The molecule has 1 aliphatic heterocycles. The van der Waals surface area contributed by atoms with Gasteiger partial charge in [0, 0.05) is 13.1 Å². The maximum absolute atomic E-state index is 13.5. The second-order valence-electron chi connectivity index (χ2n) is 8.25. The van der Waals surface area contributed by atoms with Gasteiger partial charge in [-0.1, -0.05) is 67.2 Å². The Balaban J connectivity index is 1.41. The number of sulfonamides is 1. The van der Waals surface area contributed by atoms with Crippen LogP contribution in [0.3, 0.4) is 0 Å². The zero-order chi connectivity index (χ0) is 25.5. The molecular formula is C27H27N3O5S. The van der Waals surface area contributed by atoms with Crippen LogP contribution in [-0.4, -0.2) is 27.0 Å². The lowest BCUT2D eigenvalue weighted by Gasteiger charge is -2.35. The van der Waals surface area contributed by atoms with Gasteiger partial charge < -0.3 is 15.4 Å². The minimum Gasteiger partial charge on any atom is -0.445 e. The quantitative estimate of drug-likeness (QED) is 0.450. The molecule has 1 heterocycles. The smallest absolute Gasteiger partial charge is 0.407 e. The molecule has 0 radical (unpaired) electrons. The average molecular weight is 506 g/mol. The highest BCUT2D eigenvalue weighted by Gasteiger charge is 2.33. The summed E-state index contributed by atoms with van der Waals surface area (Å²) in [6.45, 7) is 4.06. The molecule has 2 amide bonds. The standard InChI is InChI=1S/C27H27N3O5S/c1-2-26(31)29-24-16-17-30(25-11-7-6-10-23(24)25)36(33,34)22-14-12-20(13-15-22)18-28-27(32)35-19-21-8-4-3-5-9-21/h2-15,24H,1,16-19H2,(H,28,32)(H,29,31). The van der Waals surface area contributed by atoms with Crippen molar-refractivity contribution in [1.82, 2.24) is 10.6 Å². The summed E-state index contributed by atoms with van der Waals surface area (Å²) in [5, 5.41) is 5.53. The number of amides is 2. The Morgan fingerprint density at radius 3 is 2.39 bits per heavy atom. The number of hydrogen-bond donors (Lipinski definition) is 2. The fourth-order valence-electron chi connectivity index (χ4n) is 4.02. The van der Waals surface area contributed by atoms with Crippen molar-refractivity contribution in [3.63, 3.8) is 0 Å². The van der Waals surface area contributed by atoms with E-state index in [1.54, 1.807) is 24.3 Å². The molecule has 4 rings (SSSR count). The van der Waals surface area contributed by atoms with E-state index >= 15 is 0 Å². The van der Waals surface area contributed by atoms with E-state index in [9.17, 15) is 18.0 Å².